The first-order valence-corrected chi connectivity index (χ1v) is 8.35. The highest BCUT2D eigenvalue weighted by Gasteiger charge is 2.66. The summed E-state index contributed by atoms with van der Waals surface area (Å²) in [5, 5.41) is 5.44. The van der Waals surface area contributed by atoms with E-state index in [1.54, 1.807) is 20.8 Å². The molecule has 0 heterocycles. The average Bonchev–Trinajstić information content (AvgIpc) is 3.30. The van der Waals surface area contributed by atoms with E-state index >= 15 is 0 Å². The Hall–Kier alpha value is -1.59. The van der Waals surface area contributed by atoms with Crippen molar-refractivity contribution < 1.29 is 19.1 Å². The molecule has 2 aliphatic rings. The quantitative estimate of drug-likeness (QED) is 0.703. The highest BCUT2D eigenvalue weighted by Crippen LogP contribution is 2.70. The van der Waals surface area contributed by atoms with E-state index in [1.807, 2.05) is 0 Å². The van der Waals surface area contributed by atoms with E-state index in [2.05, 4.69) is 17.6 Å². The maximum absolute atomic E-state index is 12.5. The number of hydrogen-bond acceptors (Lipinski definition) is 4. The molecule has 6 heteroatoms. The second kappa shape index (κ2) is 6.13. The minimum absolute atomic E-state index is 0.00753. The molecule has 0 saturated heterocycles. The highest BCUT2D eigenvalue weighted by atomic mass is 16.6. The second-order valence-electron chi connectivity index (χ2n) is 8.08. The van der Waals surface area contributed by atoms with Crippen LogP contribution in [0.5, 0.6) is 0 Å². The summed E-state index contributed by atoms with van der Waals surface area (Å²) in [4.78, 5) is 35.2. The molecule has 130 valence electrons. The first-order chi connectivity index (χ1) is 10.6. The van der Waals surface area contributed by atoms with Crippen LogP contribution in [0.1, 0.15) is 59.8 Å². The summed E-state index contributed by atoms with van der Waals surface area (Å²) in [5.74, 6) is -0.00753. The zero-order valence-corrected chi connectivity index (χ0v) is 14.5. The topological polar surface area (TPSA) is 84.5 Å². The standard InChI is InChI=1S/C17H28N2O4/c1-15(2,3)23-14(22)18-10-5-12(11-20)19-13(21)17(8-9-17)16(4)6-7-16/h11-12H,5-10H2,1-4H3,(H,18,22)(H,19,21)/t12-/m0/s1. The van der Waals surface area contributed by atoms with Crippen LogP contribution in [0.15, 0.2) is 0 Å². The van der Waals surface area contributed by atoms with Gasteiger partial charge in [0.05, 0.1) is 11.5 Å². The zero-order chi connectivity index (χ0) is 17.3. The van der Waals surface area contributed by atoms with E-state index in [9.17, 15) is 14.4 Å². The van der Waals surface area contributed by atoms with E-state index in [-0.39, 0.29) is 23.3 Å². The summed E-state index contributed by atoms with van der Waals surface area (Å²) in [7, 11) is 0. The van der Waals surface area contributed by atoms with Crippen LogP contribution in [0.25, 0.3) is 0 Å². The highest BCUT2D eigenvalue weighted by molar-refractivity contribution is 5.88. The molecule has 0 bridgehead atoms. The molecule has 2 fully saturated rings. The number of carbonyl (C=O) groups excluding carboxylic acids is 3. The van der Waals surface area contributed by atoms with Crippen LogP contribution in [-0.4, -0.2) is 36.5 Å². The van der Waals surface area contributed by atoms with Crippen molar-refractivity contribution in [3.63, 3.8) is 0 Å². The van der Waals surface area contributed by atoms with Crippen LogP contribution in [-0.2, 0) is 14.3 Å². The number of hydrogen-bond donors (Lipinski definition) is 2. The van der Waals surface area contributed by atoms with Gasteiger partial charge in [0.1, 0.15) is 11.9 Å². The van der Waals surface area contributed by atoms with Crippen molar-refractivity contribution in [2.45, 2.75) is 71.4 Å². The third-order valence-electron chi connectivity index (χ3n) is 4.94. The fraction of sp³-hybridized carbons (Fsp3) is 0.824. The monoisotopic (exact) mass is 324 g/mol. The zero-order valence-electron chi connectivity index (χ0n) is 14.5. The molecule has 6 nitrogen and oxygen atoms in total. The summed E-state index contributed by atoms with van der Waals surface area (Å²) < 4.78 is 5.13. The van der Waals surface area contributed by atoms with Crippen molar-refractivity contribution in [3.8, 4) is 0 Å². The molecule has 0 aromatic heterocycles. The molecule has 2 aliphatic carbocycles. The van der Waals surface area contributed by atoms with Crippen LogP contribution in [0.2, 0.25) is 0 Å². The molecular weight excluding hydrogens is 296 g/mol. The number of alkyl carbamates (subject to hydrolysis) is 1. The number of rotatable bonds is 7. The van der Waals surface area contributed by atoms with Gasteiger partial charge >= 0.3 is 6.09 Å². The lowest BCUT2D eigenvalue weighted by Gasteiger charge is -2.24. The Morgan fingerprint density at radius 3 is 2.26 bits per heavy atom. The minimum atomic E-state index is -0.572. The largest absolute Gasteiger partial charge is 0.444 e. The Balaban J connectivity index is 1.75. The van der Waals surface area contributed by atoms with Gasteiger partial charge in [-0.25, -0.2) is 4.79 Å². The van der Waals surface area contributed by atoms with Crippen molar-refractivity contribution >= 4 is 18.3 Å². The Morgan fingerprint density at radius 1 is 1.22 bits per heavy atom. The maximum atomic E-state index is 12.5. The van der Waals surface area contributed by atoms with Crippen molar-refractivity contribution in [1.82, 2.24) is 10.6 Å². The van der Waals surface area contributed by atoms with Gasteiger partial charge in [-0.2, -0.15) is 0 Å². The first kappa shape index (κ1) is 17.8. The van der Waals surface area contributed by atoms with Gasteiger partial charge < -0.3 is 20.2 Å². The molecule has 2 amide bonds. The Bertz CT molecular complexity index is 487. The molecule has 0 spiro atoms. The van der Waals surface area contributed by atoms with E-state index < -0.39 is 17.7 Å². The van der Waals surface area contributed by atoms with Crippen LogP contribution >= 0.6 is 0 Å². The molecule has 0 aromatic rings. The van der Waals surface area contributed by atoms with Crippen LogP contribution in [0.4, 0.5) is 4.79 Å². The predicted octanol–water partition coefficient (Wildman–Crippen LogP) is 2.17. The molecule has 0 aromatic carbocycles. The molecule has 0 aliphatic heterocycles. The Morgan fingerprint density at radius 2 is 1.83 bits per heavy atom. The summed E-state index contributed by atoms with van der Waals surface area (Å²) in [6.07, 6.45) is 4.59. The smallest absolute Gasteiger partial charge is 0.407 e. The lowest BCUT2D eigenvalue weighted by atomic mass is 9.86. The van der Waals surface area contributed by atoms with E-state index in [0.717, 1.165) is 32.0 Å². The van der Waals surface area contributed by atoms with E-state index in [1.165, 1.54) is 0 Å². The summed E-state index contributed by atoms with van der Waals surface area (Å²) in [5.41, 5.74) is -0.688. The first-order valence-electron chi connectivity index (χ1n) is 8.35. The van der Waals surface area contributed by atoms with E-state index in [4.69, 9.17) is 4.74 Å². The molecule has 0 unspecified atom stereocenters. The number of amides is 2. The van der Waals surface area contributed by atoms with E-state index in [0.29, 0.717) is 6.42 Å². The van der Waals surface area contributed by atoms with Gasteiger partial charge in [-0.3, -0.25) is 4.79 Å². The summed E-state index contributed by atoms with van der Waals surface area (Å²) in [6.45, 7) is 7.79. The van der Waals surface area contributed by atoms with Gasteiger partial charge in [-0.1, -0.05) is 6.92 Å². The fourth-order valence-corrected chi connectivity index (χ4v) is 3.02. The van der Waals surface area contributed by atoms with Crippen molar-refractivity contribution in [1.29, 1.82) is 0 Å². The van der Waals surface area contributed by atoms with Crippen LogP contribution < -0.4 is 10.6 Å². The molecule has 23 heavy (non-hydrogen) atoms. The summed E-state index contributed by atoms with van der Waals surface area (Å²) >= 11 is 0. The fourth-order valence-electron chi connectivity index (χ4n) is 3.02. The van der Waals surface area contributed by atoms with Gasteiger partial charge in [0, 0.05) is 6.54 Å². The molecule has 1 atom stereocenters. The second-order valence-corrected chi connectivity index (χ2v) is 8.08. The van der Waals surface area contributed by atoms with Gasteiger partial charge in [-0.05, 0) is 58.3 Å². The van der Waals surface area contributed by atoms with Crippen molar-refractivity contribution in [2.75, 3.05) is 6.54 Å². The maximum Gasteiger partial charge on any atom is 0.407 e. The number of nitrogens with one attached hydrogen (secondary N) is 2. The Labute approximate surface area is 137 Å². The van der Waals surface area contributed by atoms with Gasteiger partial charge in [0.25, 0.3) is 0 Å². The SMILES string of the molecule is CC(C)(C)OC(=O)NCC[C@@H](C=O)NC(=O)C1(C2(C)CC2)CC1. The molecular formula is C17H28N2O4. The average molecular weight is 324 g/mol. The van der Waals surface area contributed by atoms with Crippen LogP contribution in [0, 0.1) is 10.8 Å². The Kier molecular flexibility index (Phi) is 4.74. The van der Waals surface area contributed by atoms with Crippen LogP contribution in [0.3, 0.4) is 0 Å². The molecule has 2 saturated carbocycles. The minimum Gasteiger partial charge on any atom is -0.444 e. The number of carbonyl (C=O) groups is 3. The van der Waals surface area contributed by atoms with Gasteiger partial charge in [-0.15, -0.1) is 0 Å². The summed E-state index contributed by atoms with van der Waals surface area (Å²) in [6, 6.07) is -0.572. The van der Waals surface area contributed by atoms with Crippen molar-refractivity contribution in [2.24, 2.45) is 10.8 Å². The molecule has 2 N–H and O–H groups in total. The molecule has 0 radical (unpaired) electrons. The van der Waals surface area contributed by atoms with Crippen molar-refractivity contribution in [3.05, 3.63) is 0 Å². The predicted molar refractivity (Wildman–Crippen MR) is 85.9 cm³/mol. The lowest BCUT2D eigenvalue weighted by Crippen LogP contribution is -2.45. The lowest BCUT2D eigenvalue weighted by molar-refractivity contribution is -0.131. The number of aldehydes is 1. The molecule has 2 rings (SSSR count). The number of ether oxygens (including phenoxy) is 1. The normalized spacial score (nSPS) is 21.7. The third-order valence-corrected chi connectivity index (χ3v) is 4.94. The van der Waals surface area contributed by atoms with Gasteiger partial charge in [0.2, 0.25) is 5.91 Å². The van der Waals surface area contributed by atoms with Gasteiger partial charge in [0.15, 0.2) is 0 Å². The third kappa shape index (κ3) is 4.24.